The van der Waals surface area contributed by atoms with Crippen LogP contribution < -0.4 is 15.4 Å². The average molecular weight is 369 g/mol. The van der Waals surface area contributed by atoms with Gasteiger partial charge >= 0.3 is 0 Å². The van der Waals surface area contributed by atoms with Crippen LogP contribution in [0.5, 0.6) is 5.75 Å². The molecule has 0 bridgehead atoms. The number of amides is 2. The van der Waals surface area contributed by atoms with Gasteiger partial charge in [0.1, 0.15) is 11.3 Å². The SMILES string of the molecule is COc1cc(C(=O)NCC(=O)NC(C)C)cc2oc(Br)cc12. The van der Waals surface area contributed by atoms with E-state index in [1.54, 1.807) is 18.2 Å². The van der Waals surface area contributed by atoms with E-state index in [0.29, 0.717) is 21.6 Å². The topological polar surface area (TPSA) is 80.6 Å². The molecule has 0 unspecified atom stereocenters. The number of rotatable bonds is 5. The third-order valence-corrected chi connectivity index (χ3v) is 3.30. The molecule has 0 aliphatic rings. The molecule has 118 valence electrons. The van der Waals surface area contributed by atoms with Gasteiger partial charge in [-0.1, -0.05) is 0 Å². The van der Waals surface area contributed by atoms with Gasteiger partial charge in [-0.05, 0) is 41.9 Å². The van der Waals surface area contributed by atoms with Crippen LogP contribution in [0.3, 0.4) is 0 Å². The minimum Gasteiger partial charge on any atom is -0.496 e. The lowest BCUT2D eigenvalue weighted by Gasteiger charge is -2.10. The molecule has 0 aliphatic carbocycles. The van der Waals surface area contributed by atoms with E-state index in [4.69, 9.17) is 9.15 Å². The Kier molecular flexibility index (Phi) is 5.07. The van der Waals surface area contributed by atoms with Gasteiger partial charge in [0.15, 0.2) is 4.67 Å². The lowest BCUT2D eigenvalue weighted by atomic mass is 10.1. The maximum atomic E-state index is 12.2. The Balaban J connectivity index is 2.16. The number of nitrogens with one attached hydrogen (secondary N) is 2. The van der Waals surface area contributed by atoms with Crippen molar-refractivity contribution in [1.82, 2.24) is 10.6 Å². The van der Waals surface area contributed by atoms with Crippen molar-refractivity contribution < 1.29 is 18.7 Å². The highest BCUT2D eigenvalue weighted by Gasteiger charge is 2.15. The number of hydrogen-bond donors (Lipinski definition) is 2. The van der Waals surface area contributed by atoms with Crippen LogP contribution in [0.15, 0.2) is 27.3 Å². The number of ether oxygens (including phenoxy) is 1. The molecule has 7 heteroatoms. The minimum absolute atomic E-state index is 0.0290. The molecule has 0 saturated carbocycles. The predicted octanol–water partition coefficient (Wildman–Crippen LogP) is 2.46. The van der Waals surface area contributed by atoms with Crippen molar-refractivity contribution in [2.24, 2.45) is 0 Å². The normalized spacial score (nSPS) is 10.8. The van der Waals surface area contributed by atoms with Crippen LogP contribution in [0, 0.1) is 0 Å². The highest BCUT2D eigenvalue weighted by Crippen LogP contribution is 2.32. The van der Waals surface area contributed by atoms with Crippen LogP contribution in [-0.2, 0) is 4.79 Å². The molecule has 2 N–H and O–H groups in total. The highest BCUT2D eigenvalue weighted by atomic mass is 79.9. The van der Waals surface area contributed by atoms with E-state index in [-0.39, 0.29) is 24.4 Å². The van der Waals surface area contributed by atoms with Gasteiger partial charge in [-0.2, -0.15) is 0 Å². The highest BCUT2D eigenvalue weighted by molar-refractivity contribution is 9.10. The molecule has 1 heterocycles. The summed E-state index contributed by atoms with van der Waals surface area (Å²) in [6.07, 6.45) is 0. The Morgan fingerprint density at radius 2 is 2.05 bits per heavy atom. The first-order valence-corrected chi connectivity index (χ1v) is 7.54. The number of hydrogen-bond acceptors (Lipinski definition) is 4. The molecule has 2 amide bonds. The molecule has 22 heavy (non-hydrogen) atoms. The predicted molar refractivity (Wildman–Crippen MR) is 86.1 cm³/mol. The lowest BCUT2D eigenvalue weighted by Crippen LogP contribution is -2.39. The molecule has 6 nitrogen and oxygen atoms in total. The first-order valence-electron chi connectivity index (χ1n) is 6.75. The summed E-state index contributed by atoms with van der Waals surface area (Å²) in [7, 11) is 1.52. The average Bonchev–Trinajstić information content (AvgIpc) is 2.83. The molecular weight excluding hydrogens is 352 g/mol. The van der Waals surface area contributed by atoms with E-state index in [1.165, 1.54) is 7.11 Å². The zero-order valence-electron chi connectivity index (χ0n) is 12.5. The Hall–Kier alpha value is -2.02. The van der Waals surface area contributed by atoms with Gasteiger partial charge < -0.3 is 19.8 Å². The van der Waals surface area contributed by atoms with Crippen LogP contribution in [0.2, 0.25) is 0 Å². The second-order valence-corrected chi connectivity index (χ2v) is 5.83. The molecule has 0 radical (unpaired) electrons. The van der Waals surface area contributed by atoms with Crippen molar-refractivity contribution in [2.45, 2.75) is 19.9 Å². The van der Waals surface area contributed by atoms with Gasteiger partial charge in [0.25, 0.3) is 5.91 Å². The van der Waals surface area contributed by atoms with Crippen LogP contribution in [-0.4, -0.2) is 31.5 Å². The molecular formula is C15H17BrN2O4. The van der Waals surface area contributed by atoms with Gasteiger partial charge in [0.05, 0.1) is 19.0 Å². The van der Waals surface area contributed by atoms with Crippen molar-refractivity contribution in [3.8, 4) is 5.75 Å². The van der Waals surface area contributed by atoms with Crippen LogP contribution in [0.25, 0.3) is 11.0 Å². The van der Waals surface area contributed by atoms with Gasteiger partial charge in [-0.25, -0.2) is 0 Å². The molecule has 0 spiro atoms. The maximum Gasteiger partial charge on any atom is 0.251 e. The summed E-state index contributed by atoms with van der Waals surface area (Å²) >= 11 is 3.25. The van der Waals surface area contributed by atoms with Crippen molar-refractivity contribution in [3.05, 3.63) is 28.4 Å². The van der Waals surface area contributed by atoms with Crippen LogP contribution in [0.1, 0.15) is 24.2 Å². The van der Waals surface area contributed by atoms with E-state index < -0.39 is 0 Å². The second-order valence-electron chi connectivity index (χ2n) is 5.05. The summed E-state index contributed by atoms with van der Waals surface area (Å²) in [5.74, 6) is -0.0764. The summed E-state index contributed by atoms with van der Waals surface area (Å²) in [6, 6.07) is 5.02. The summed E-state index contributed by atoms with van der Waals surface area (Å²) in [5.41, 5.74) is 0.895. The molecule has 0 saturated heterocycles. The summed E-state index contributed by atoms with van der Waals surface area (Å²) < 4.78 is 11.3. The monoisotopic (exact) mass is 368 g/mol. The van der Waals surface area contributed by atoms with Crippen molar-refractivity contribution in [2.75, 3.05) is 13.7 Å². The van der Waals surface area contributed by atoms with E-state index in [2.05, 4.69) is 26.6 Å². The van der Waals surface area contributed by atoms with E-state index in [1.807, 2.05) is 13.8 Å². The maximum absolute atomic E-state index is 12.2. The Morgan fingerprint density at radius 3 is 2.68 bits per heavy atom. The molecule has 1 aromatic heterocycles. The fourth-order valence-electron chi connectivity index (χ4n) is 2.01. The number of furan rings is 1. The van der Waals surface area contributed by atoms with Crippen molar-refractivity contribution in [3.63, 3.8) is 0 Å². The van der Waals surface area contributed by atoms with Crippen molar-refractivity contribution in [1.29, 1.82) is 0 Å². The Morgan fingerprint density at radius 1 is 1.32 bits per heavy atom. The van der Waals surface area contributed by atoms with Gasteiger partial charge in [-0.3, -0.25) is 9.59 Å². The summed E-state index contributed by atoms with van der Waals surface area (Å²) in [5, 5.41) is 6.04. The fourth-order valence-corrected chi connectivity index (χ4v) is 2.41. The number of halogens is 1. The number of fused-ring (bicyclic) bond motifs is 1. The number of benzene rings is 1. The fraction of sp³-hybridized carbons (Fsp3) is 0.333. The summed E-state index contributed by atoms with van der Waals surface area (Å²) in [6.45, 7) is 3.62. The molecule has 1 aromatic carbocycles. The van der Waals surface area contributed by atoms with E-state index >= 15 is 0 Å². The number of carbonyl (C=O) groups is 2. The van der Waals surface area contributed by atoms with E-state index in [9.17, 15) is 9.59 Å². The van der Waals surface area contributed by atoms with Crippen LogP contribution in [0.4, 0.5) is 0 Å². The lowest BCUT2D eigenvalue weighted by molar-refractivity contribution is -0.120. The van der Waals surface area contributed by atoms with Gasteiger partial charge in [0, 0.05) is 17.7 Å². The van der Waals surface area contributed by atoms with Crippen LogP contribution >= 0.6 is 15.9 Å². The number of methoxy groups -OCH3 is 1. The Labute approximate surface area is 136 Å². The minimum atomic E-state index is -0.369. The molecule has 0 atom stereocenters. The quantitative estimate of drug-likeness (QED) is 0.849. The summed E-state index contributed by atoms with van der Waals surface area (Å²) in [4.78, 5) is 23.7. The first-order chi connectivity index (χ1) is 10.4. The third-order valence-electron chi connectivity index (χ3n) is 2.91. The largest absolute Gasteiger partial charge is 0.496 e. The third kappa shape index (κ3) is 3.79. The molecule has 2 rings (SSSR count). The molecule has 0 fully saturated rings. The first kappa shape index (κ1) is 16.4. The standard InChI is InChI=1S/C15H17BrN2O4/c1-8(2)18-14(19)7-17-15(20)9-4-11(21-3)10-6-13(16)22-12(10)5-9/h4-6,8H,7H2,1-3H3,(H,17,20)(H,18,19). The van der Waals surface area contributed by atoms with Gasteiger partial charge in [0.2, 0.25) is 5.91 Å². The molecule has 2 aromatic rings. The Bertz CT molecular complexity index is 709. The van der Waals surface area contributed by atoms with Gasteiger partial charge in [-0.15, -0.1) is 0 Å². The zero-order valence-corrected chi connectivity index (χ0v) is 14.1. The zero-order chi connectivity index (χ0) is 16.3. The molecule has 0 aliphatic heterocycles. The van der Waals surface area contributed by atoms with Crippen molar-refractivity contribution >= 4 is 38.7 Å². The smallest absolute Gasteiger partial charge is 0.251 e. The second kappa shape index (κ2) is 6.83. The van der Waals surface area contributed by atoms with E-state index in [0.717, 1.165) is 5.39 Å². The number of carbonyl (C=O) groups excluding carboxylic acids is 2.